The van der Waals surface area contributed by atoms with Gasteiger partial charge in [-0.3, -0.25) is 14.6 Å². The quantitative estimate of drug-likeness (QED) is 0.108. The first-order valence-electron chi connectivity index (χ1n) is 15.8. The molecule has 1 atom stereocenters. The summed E-state index contributed by atoms with van der Waals surface area (Å²) in [5.74, 6) is 0.264. The molecule has 0 spiro atoms. The first-order valence-corrected chi connectivity index (χ1v) is 16.7. The van der Waals surface area contributed by atoms with Crippen LogP contribution in [0.4, 0.5) is 10.5 Å². The van der Waals surface area contributed by atoms with E-state index in [2.05, 4.69) is 20.3 Å². The molecule has 14 nitrogen and oxygen atoms in total. The number of fused-ring (bicyclic) bond motifs is 5. The van der Waals surface area contributed by atoms with Gasteiger partial charge in [-0.15, -0.1) is 0 Å². The monoisotopic (exact) mass is 670 g/mol. The molecule has 1 saturated heterocycles. The lowest BCUT2D eigenvalue weighted by molar-refractivity contribution is -0.119. The summed E-state index contributed by atoms with van der Waals surface area (Å²) in [7, 11) is 0. The maximum absolute atomic E-state index is 13.8. The van der Waals surface area contributed by atoms with Crippen LogP contribution in [0.2, 0.25) is 0 Å². The summed E-state index contributed by atoms with van der Waals surface area (Å²) in [6, 6.07) is 12.5. The summed E-state index contributed by atoms with van der Waals surface area (Å²) >= 11 is 1.43. The number of guanidine groups is 1. The number of ether oxygens (including phenoxy) is 1. The van der Waals surface area contributed by atoms with Gasteiger partial charge in [0.15, 0.2) is 11.1 Å². The van der Waals surface area contributed by atoms with Gasteiger partial charge in [0.2, 0.25) is 5.91 Å². The van der Waals surface area contributed by atoms with E-state index in [1.54, 1.807) is 28.9 Å². The van der Waals surface area contributed by atoms with E-state index in [0.29, 0.717) is 79.9 Å². The Morgan fingerprint density at radius 1 is 1.00 bits per heavy atom. The summed E-state index contributed by atoms with van der Waals surface area (Å²) in [5, 5.41) is 3.73. The van der Waals surface area contributed by atoms with Crippen LogP contribution in [0.1, 0.15) is 47.6 Å². The summed E-state index contributed by atoms with van der Waals surface area (Å²) in [6.45, 7) is 7.89. The zero-order valence-corrected chi connectivity index (χ0v) is 27.9. The SMILES string of the molecule is CCOC(=O)N1CCN(C(=O)c2ccc3c(c2)nc2n3C(CCCN=C(N)N)C(=O)Nc3ccc(Sc4nc(C)cc(C)n4)cc3-2)CC1. The van der Waals surface area contributed by atoms with Crippen LogP contribution in [-0.2, 0) is 9.53 Å². The van der Waals surface area contributed by atoms with Crippen molar-refractivity contribution < 1.29 is 19.1 Å². The number of nitrogens with two attached hydrogens (primary N) is 2. The molecule has 0 saturated carbocycles. The van der Waals surface area contributed by atoms with Gasteiger partial charge in [-0.05, 0) is 87.8 Å². The number of aromatic nitrogens is 4. The third kappa shape index (κ3) is 6.90. The Morgan fingerprint density at radius 2 is 1.73 bits per heavy atom. The molecule has 48 heavy (non-hydrogen) atoms. The van der Waals surface area contributed by atoms with Crippen molar-refractivity contribution in [2.75, 3.05) is 44.6 Å². The van der Waals surface area contributed by atoms with Gasteiger partial charge in [-0.2, -0.15) is 0 Å². The number of carbonyl (C=O) groups is 3. The van der Waals surface area contributed by atoms with Gasteiger partial charge in [0, 0.05) is 60.1 Å². The van der Waals surface area contributed by atoms with E-state index in [1.165, 1.54) is 11.8 Å². The zero-order chi connectivity index (χ0) is 33.9. The van der Waals surface area contributed by atoms with E-state index in [4.69, 9.17) is 21.2 Å². The topological polar surface area (TPSA) is 187 Å². The van der Waals surface area contributed by atoms with Gasteiger partial charge in [-0.1, -0.05) is 0 Å². The molecule has 250 valence electrons. The van der Waals surface area contributed by atoms with Crippen molar-refractivity contribution in [3.8, 4) is 11.4 Å². The van der Waals surface area contributed by atoms with Crippen LogP contribution >= 0.6 is 11.8 Å². The molecule has 2 aromatic heterocycles. The normalized spacial score (nSPS) is 15.7. The van der Waals surface area contributed by atoms with Gasteiger partial charge < -0.3 is 35.9 Å². The van der Waals surface area contributed by atoms with Crippen molar-refractivity contribution in [1.29, 1.82) is 0 Å². The van der Waals surface area contributed by atoms with E-state index < -0.39 is 6.04 Å². The van der Waals surface area contributed by atoms with Crippen molar-refractivity contribution >= 4 is 52.3 Å². The minimum atomic E-state index is -0.608. The fraction of sp³-hybridized carbons (Fsp3) is 0.364. The zero-order valence-electron chi connectivity index (χ0n) is 27.1. The van der Waals surface area contributed by atoms with Crippen molar-refractivity contribution in [3.63, 3.8) is 0 Å². The fourth-order valence-corrected chi connectivity index (χ4v) is 6.94. The van der Waals surface area contributed by atoms with Crippen molar-refractivity contribution in [3.05, 3.63) is 59.4 Å². The molecule has 1 unspecified atom stereocenters. The predicted molar refractivity (Wildman–Crippen MR) is 183 cm³/mol. The Labute approximate surface area is 281 Å². The van der Waals surface area contributed by atoms with Crippen LogP contribution in [0.5, 0.6) is 0 Å². The number of anilines is 1. The van der Waals surface area contributed by atoms with Crippen LogP contribution in [0, 0.1) is 13.8 Å². The number of nitrogens with one attached hydrogen (secondary N) is 1. The van der Waals surface area contributed by atoms with E-state index >= 15 is 0 Å². The number of aryl methyl sites for hydroxylation is 2. The largest absolute Gasteiger partial charge is 0.450 e. The second-order valence-electron chi connectivity index (χ2n) is 11.7. The second-order valence-corrected chi connectivity index (χ2v) is 12.7. The first-order chi connectivity index (χ1) is 23.1. The molecule has 5 N–H and O–H groups in total. The van der Waals surface area contributed by atoms with Crippen molar-refractivity contribution in [2.45, 2.75) is 49.7 Å². The van der Waals surface area contributed by atoms with E-state index in [0.717, 1.165) is 27.4 Å². The number of imidazole rings is 1. The highest BCUT2D eigenvalue weighted by molar-refractivity contribution is 7.99. The van der Waals surface area contributed by atoms with E-state index in [-0.39, 0.29) is 23.9 Å². The molecule has 1 fully saturated rings. The maximum atomic E-state index is 13.8. The number of carbonyl (C=O) groups excluding carboxylic acids is 3. The molecular formula is C33H38N10O4S. The Morgan fingerprint density at radius 3 is 2.44 bits per heavy atom. The number of rotatable bonds is 8. The second kappa shape index (κ2) is 13.9. The highest BCUT2D eigenvalue weighted by atomic mass is 32.2. The van der Waals surface area contributed by atoms with Crippen LogP contribution in [-0.4, -0.2) is 92.5 Å². The Balaban J connectivity index is 1.36. The number of amides is 3. The van der Waals surface area contributed by atoms with E-state index in [9.17, 15) is 14.4 Å². The molecule has 0 bridgehead atoms. The van der Waals surface area contributed by atoms with Crippen molar-refractivity contribution in [2.24, 2.45) is 16.5 Å². The molecule has 2 aliphatic heterocycles. The molecule has 3 amide bonds. The summed E-state index contributed by atoms with van der Waals surface area (Å²) in [6.07, 6.45) is 0.648. The van der Waals surface area contributed by atoms with E-state index in [1.807, 2.05) is 48.7 Å². The third-order valence-corrected chi connectivity index (χ3v) is 9.09. The Hall–Kier alpha value is -5.18. The number of nitrogens with zero attached hydrogens (tertiary/aromatic N) is 7. The molecule has 4 aromatic rings. The summed E-state index contributed by atoms with van der Waals surface area (Å²) in [4.78, 5) is 62.0. The highest BCUT2D eigenvalue weighted by Crippen LogP contribution is 2.40. The number of benzene rings is 2. The van der Waals surface area contributed by atoms with Gasteiger partial charge in [0.05, 0.1) is 23.3 Å². The average Bonchev–Trinajstić information content (AvgIpc) is 3.38. The smallest absolute Gasteiger partial charge is 0.409 e. The molecule has 0 aliphatic carbocycles. The molecule has 15 heteroatoms. The Bertz CT molecular complexity index is 1890. The average molecular weight is 671 g/mol. The number of hydrogen-bond donors (Lipinski definition) is 3. The molecule has 2 aromatic carbocycles. The molecule has 6 rings (SSSR count). The van der Waals surface area contributed by atoms with Crippen LogP contribution in [0.15, 0.2) is 57.5 Å². The maximum Gasteiger partial charge on any atom is 0.409 e. The summed E-state index contributed by atoms with van der Waals surface area (Å²) in [5.41, 5.74) is 16.0. The predicted octanol–water partition coefficient (Wildman–Crippen LogP) is 3.72. The van der Waals surface area contributed by atoms with Gasteiger partial charge in [-0.25, -0.2) is 19.7 Å². The van der Waals surface area contributed by atoms with Crippen LogP contribution in [0.3, 0.4) is 0 Å². The fourth-order valence-electron chi connectivity index (χ4n) is 6.04. The molecule has 2 aliphatic rings. The molecule has 4 heterocycles. The number of piperazine rings is 1. The summed E-state index contributed by atoms with van der Waals surface area (Å²) < 4.78 is 7.05. The van der Waals surface area contributed by atoms with Crippen molar-refractivity contribution in [1.82, 2.24) is 29.3 Å². The highest BCUT2D eigenvalue weighted by Gasteiger charge is 2.32. The number of aliphatic imine (C=N–C) groups is 1. The lowest BCUT2D eigenvalue weighted by atomic mass is 10.1. The minimum absolute atomic E-state index is 0.00110. The van der Waals surface area contributed by atoms with Crippen LogP contribution < -0.4 is 16.8 Å². The van der Waals surface area contributed by atoms with Gasteiger partial charge in [0.1, 0.15) is 11.9 Å². The van der Waals surface area contributed by atoms with Crippen LogP contribution in [0.25, 0.3) is 22.4 Å². The Kier molecular flexibility index (Phi) is 9.48. The molecular weight excluding hydrogens is 632 g/mol. The lowest BCUT2D eigenvalue weighted by Gasteiger charge is -2.34. The first kappa shape index (κ1) is 32.7. The van der Waals surface area contributed by atoms with Gasteiger partial charge >= 0.3 is 6.09 Å². The molecule has 0 radical (unpaired) electrons. The minimum Gasteiger partial charge on any atom is -0.450 e. The van der Waals surface area contributed by atoms with Gasteiger partial charge in [0.25, 0.3) is 5.91 Å². The standard InChI is InChI=1S/C33H38N10O4S/c1-4-47-33(46)42-14-12-41(13-15-42)30(45)21-7-10-26-25(17-21)39-28-23-18-22(48-32-37-19(2)16-20(3)38-32)8-9-24(23)40-29(44)27(43(26)28)6-5-11-36-31(34)35/h7-10,16-18,27H,4-6,11-15H2,1-3H3,(H,40,44)(H4,34,35,36). The number of hydrogen-bond acceptors (Lipinski definition) is 9. The lowest BCUT2D eigenvalue weighted by Crippen LogP contribution is -2.50. The third-order valence-electron chi connectivity index (χ3n) is 8.23.